The Bertz CT molecular complexity index is 638. The van der Waals surface area contributed by atoms with Gasteiger partial charge in [-0.25, -0.2) is 0 Å². The Morgan fingerprint density at radius 2 is 1.92 bits per heavy atom. The Kier molecular flexibility index (Phi) is 6.51. The van der Waals surface area contributed by atoms with Crippen LogP contribution in [-0.4, -0.2) is 17.6 Å². The van der Waals surface area contributed by atoms with Crippen molar-refractivity contribution in [3.05, 3.63) is 66.0 Å². The lowest BCUT2D eigenvalue weighted by molar-refractivity contribution is -0.143. The molecule has 2 aromatic rings. The average Bonchev–Trinajstić information content (AvgIpc) is 2.64. The third-order valence-corrected chi connectivity index (χ3v) is 4.05. The fraction of sp³-hybridized carbons (Fsp3) is 0.350. The topological polar surface area (TPSA) is 63.0 Å². The lowest BCUT2D eigenvalue weighted by atomic mass is 9.74. The smallest absolute Gasteiger partial charge is 0.305 e. The van der Waals surface area contributed by atoms with Crippen molar-refractivity contribution in [3.8, 4) is 6.07 Å². The van der Waals surface area contributed by atoms with Gasteiger partial charge in [0.2, 0.25) is 0 Å². The van der Waals surface area contributed by atoms with Crippen LogP contribution in [0.5, 0.6) is 0 Å². The normalized spacial score (nSPS) is 12.8. The number of esters is 1. The maximum Gasteiger partial charge on any atom is 0.305 e. The zero-order chi connectivity index (χ0) is 17.3. The van der Waals surface area contributed by atoms with E-state index >= 15 is 0 Å². The highest BCUT2D eigenvalue weighted by molar-refractivity contribution is 5.69. The predicted molar refractivity (Wildman–Crippen MR) is 92.2 cm³/mol. The van der Waals surface area contributed by atoms with Crippen molar-refractivity contribution >= 4 is 5.97 Å². The Balaban J connectivity index is 2.18. The molecule has 0 spiro atoms. The summed E-state index contributed by atoms with van der Waals surface area (Å²) in [7, 11) is 0. The van der Waals surface area contributed by atoms with Crippen LogP contribution in [-0.2, 0) is 14.9 Å². The van der Waals surface area contributed by atoms with Crippen LogP contribution in [0.25, 0.3) is 0 Å². The highest BCUT2D eigenvalue weighted by atomic mass is 16.5. The Labute approximate surface area is 143 Å². The van der Waals surface area contributed by atoms with Gasteiger partial charge >= 0.3 is 5.97 Å². The van der Waals surface area contributed by atoms with Crippen LogP contribution in [0.1, 0.15) is 43.9 Å². The molecule has 24 heavy (non-hydrogen) atoms. The van der Waals surface area contributed by atoms with E-state index in [2.05, 4.69) is 11.1 Å². The van der Waals surface area contributed by atoms with E-state index in [1.807, 2.05) is 48.5 Å². The van der Waals surface area contributed by atoms with Crippen molar-refractivity contribution in [2.75, 3.05) is 6.61 Å². The van der Waals surface area contributed by atoms with Gasteiger partial charge in [-0.1, -0.05) is 42.8 Å². The maximum atomic E-state index is 11.5. The van der Waals surface area contributed by atoms with E-state index in [1.165, 1.54) is 0 Å². The average molecular weight is 322 g/mol. The van der Waals surface area contributed by atoms with E-state index < -0.39 is 5.41 Å². The second-order valence-corrected chi connectivity index (χ2v) is 5.61. The van der Waals surface area contributed by atoms with Gasteiger partial charge in [0.05, 0.1) is 18.4 Å². The molecular weight excluding hydrogens is 300 g/mol. The van der Waals surface area contributed by atoms with Crippen molar-refractivity contribution in [2.45, 2.75) is 38.0 Å². The first-order valence-corrected chi connectivity index (χ1v) is 8.27. The van der Waals surface area contributed by atoms with Crippen molar-refractivity contribution in [2.24, 2.45) is 0 Å². The molecular formula is C20H22N2O2. The van der Waals surface area contributed by atoms with E-state index in [9.17, 15) is 10.1 Å². The number of rotatable bonds is 8. The third kappa shape index (κ3) is 4.20. The van der Waals surface area contributed by atoms with Gasteiger partial charge in [0.25, 0.3) is 0 Å². The fourth-order valence-corrected chi connectivity index (χ4v) is 2.83. The van der Waals surface area contributed by atoms with Crippen molar-refractivity contribution in [1.82, 2.24) is 4.98 Å². The van der Waals surface area contributed by atoms with Gasteiger partial charge in [-0.15, -0.1) is 0 Å². The number of nitrogens with zero attached hydrogens (tertiary/aromatic N) is 2. The second kappa shape index (κ2) is 8.83. The first-order chi connectivity index (χ1) is 11.7. The summed E-state index contributed by atoms with van der Waals surface area (Å²) in [5, 5.41) is 9.99. The number of carbonyl (C=O) groups is 1. The van der Waals surface area contributed by atoms with Gasteiger partial charge in [-0.2, -0.15) is 5.26 Å². The van der Waals surface area contributed by atoms with Crippen LogP contribution in [0.4, 0.5) is 0 Å². The van der Waals surface area contributed by atoms with Gasteiger partial charge in [0.15, 0.2) is 0 Å². The van der Waals surface area contributed by atoms with Crippen LogP contribution in [0, 0.1) is 11.3 Å². The molecule has 2 rings (SSSR count). The van der Waals surface area contributed by atoms with Crippen LogP contribution in [0.3, 0.4) is 0 Å². The number of aromatic nitrogens is 1. The lowest BCUT2D eigenvalue weighted by Crippen LogP contribution is -2.27. The molecule has 0 aliphatic heterocycles. The summed E-state index contributed by atoms with van der Waals surface area (Å²) in [5.74, 6) is -0.183. The summed E-state index contributed by atoms with van der Waals surface area (Å²) in [6.45, 7) is 2.20. The highest BCUT2D eigenvalue weighted by Crippen LogP contribution is 2.35. The maximum absolute atomic E-state index is 11.5. The van der Waals surface area contributed by atoms with Crippen molar-refractivity contribution in [3.63, 3.8) is 0 Å². The second-order valence-electron chi connectivity index (χ2n) is 5.61. The number of nitriles is 1. The number of hydrogen-bond donors (Lipinski definition) is 0. The fourth-order valence-electron chi connectivity index (χ4n) is 2.83. The number of benzene rings is 1. The predicted octanol–water partition coefficient (Wildman–Crippen LogP) is 4.01. The molecule has 0 aliphatic carbocycles. The first kappa shape index (κ1) is 17.7. The van der Waals surface area contributed by atoms with Crippen molar-refractivity contribution < 1.29 is 9.53 Å². The first-order valence-electron chi connectivity index (χ1n) is 8.27. The minimum Gasteiger partial charge on any atom is -0.466 e. The molecule has 0 saturated carbocycles. The molecule has 124 valence electrons. The Hall–Kier alpha value is -2.67. The van der Waals surface area contributed by atoms with E-state index in [0.29, 0.717) is 25.9 Å². The van der Waals surface area contributed by atoms with Gasteiger partial charge in [0, 0.05) is 12.6 Å². The molecule has 0 fully saturated rings. The Morgan fingerprint density at radius 3 is 2.54 bits per heavy atom. The molecule has 1 atom stereocenters. The molecule has 1 aromatic heterocycles. The highest BCUT2D eigenvalue weighted by Gasteiger charge is 2.35. The van der Waals surface area contributed by atoms with Crippen LogP contribution < -0.4 is 0 Å². The quantitative estimate of drug-likeness (QED) is 0.544. The molecule has 0 bridgehead atoms. The minimum atomic E-state index is -0.794. The molecule has 0 amide bonds. The molecule has 1 unspecified atom stereocenters. The molecule has 1 heterocycles. The molecule has 0 N–H and O–H groups in total. The number of pyridine rings is 1. The van der Waals surface area contributed by atoms with Crippen molar-refractivity contribution in [1.29, 1.82) is 5.26 Å². The van der Waals surface area contributed by atoms with Gasteiger partial charge < -0.3 is 4.74 Å². The van der Waals surface area contributed by atoms with Crippen LogP contribution in [0.2, 0.25) is 0 Å². The number of unbranched alkanes of at least 4 members (excludes halogenated alkanes) is 1. The largest absolute Gasteiger partial charge is 0.466 e. The molecule has 0 radical (unpaired) electrons. The van der Waals surface area contributed by atoms with Gasteiger partial charge in [-0.3, -0.25) is 9.78 Å². The lowest BCUT2D eigenvalue weighted by Gasteiger charge is -2.26. The van der Waals surface area contributed by atoms with Crippen LogP contribution in [0.15, 0.2) is 54.7 Å². The molecule has 1 aromatic carbocycles. The zero-order valence-corrected chi connectivity index (χ0v) is 13.9. The molecule has 4 heteroatoms. The summed E-state index contributed by atoms with van der Waals surface area (Å²) in [6, 6.07) is 17.8. The van der Waals surface area contributed by atoms with Crippen LogP contribution >= 0.6 is 0 Å². The Morgan fingerprint density at radius 1 is 1.17 bits per heavy atom. The van der Waals surface area contributed by atoms with E-state index in [-0.39, 0.29) is 5.97 Å². The molecule has 0 aliphatic rings. The monoisotopic (exact) mass is 322 g/mol. The zero-order valence-electron chi connectivity index (χ0n) is 13.9. The minimum absolute atomic E-state index is 0.183. The molecule has 0 saturated heterocycles. The summed E-state index contributed by atoms with van der Waals surface area (Å²) in [6.07, 6.45) is 4.15. The van der Waals surface area contributed by atoms with Gasteiger partial charge in [0.1, 0.15) is 5.41 Å². The van der Waals surface area contributed by atoms with E-state index in [1.54, 1.807) is 13.1 Å². The summed E-state index contributed by atoms with van der Waals surface area (Å²) < 4.78 is 4.95. The van der Waals surface area contributed by atoms with E-state index in [0.717, 1.165) is 17.7 Å². The summed E-state index contributed by atoms with van der Waals surface area (Å²) in [5.41, 5.74) is 0.883. The number of hydrogen-bond acceptors (Lipinski definition) is 4. The number of carbonyl (C=O) groups excluding carboxylic acids is 1. The van der Waals surface area contributed by atoms with Gasteiger partial charge in [-0.05, 0) is 37.5 Å². The summed E-state index contributed by atoms with van der Waals surface area (Å²) in [4.78, 5) is 15.9. The summed E-state index contributed by atoms with van der Waals surface area (Å²) >= 11 is 0. The standard InChI is InChI=1S/C20H22N2O2/c1-2-24-19(23)13-6-8-14-20(16-21,17-10-4-3-5-11-17)18-12-7-9-15-22-18/h3-5,7,9-12,15H,2,6,8,13-14H2,1H3. The molecule has 4 nitrogen and oxygen atoms in total. The van der Waals surface area contributed by atoms with E-state index in [4.69, 9.17) is 4.74 Å². The third-order valence-electron chi connectivity index (χ3n) is 4.05. The SMILES string of the molecule is CCOC(=O)CCCCC(C#N)(c1ccccc1)c1ccccn1. The number of ether oxygens (including phenoxy) is 1.